The first-order valence-electron chi connectivity index (χ1n) is 8.02. The Hall–Kier alpha value is -3.16. The SMILES string of the molecule is CC.COC(=O)C1=C(C)NC(C)=C(C(=O)O)C1c1cccc([N+](=O)[O-])c1. The van der Waals surface area contributed by atoms with E-state index in [2.05, 4.69) is 5.32 Å². The van der Waals surface area contributed by atoms with Crippen molar-refractivity contribution in [3.05, 3.63) is 62.5 Å². The van der Waals surface area contributed by atoms with Gasteiger partial charge in [0.25, 0.3) is 5.69 Å². The zero-order valence-electron chi connectivity index (χ0n) is 15.3. The number of allylic oxidation sites excluding steroid dienone is 2. The monoisotopic (exact) mass is 362 g/mol. The minimum absolute atomic E-state index is 0.0542. The summed E-state index contributed by atoms with van der Waals surface area (Å²) < 4.78 is 4.77. The van der Waals surface area contributed by atoms with Crippen LogP contribution in [0, 0.1) is 10.1 Å². The number of nitro benzene ring substituents is 1. The van der Waals surface area contributed by atoms with Gasteiger partial charge in [0, 0.05) is 23.5 Å². The van der Waals surface area contributed by atoms with E-state index in [-0.39, 0.29) is 16.8 Å². The lowest BCUT2D eigenvalue weighted by Crippen LogP contribution is -2.31. The lowest BCUT2D eigenvalue weighted by atomic mass is 9.80. The molecule has 8 nitrogen and oxygen atoms in total. The third kappa shape index (κ3) is 4.08. The fourth-order valence-corrected chi connectivity index (χ4v) is 2.81. The first-order chi connectivity index (χ1) is 12.3. The smallest absolute Gasteiger partial charge is 0.336 e. The number of hydrogen-bond acceptors (Lipinski definition) is 6. The molecule has 2 rings (SSSR count). The van der Waals surface area contributed by atoms with Gasteiger partial charge in [-0.25, -0.2) is 9.59 Å². The number of rotatable bonds is 4. The summed E-state index contributed by atoms with van der Waals surface area (Å²) in [6.45, 7) is 7.20. The van der Waals surface area contributed by atoms with Crippen LogP contribution in [0.25, 0.3) is 0 Å². The van der Waals surface area contributed by atoms with Crippen molar-refractivity contribution in [1.82, 2.24) is 5.32 Å². The molecule has 1 heterocycles. The van der Waals surface area contributed by atoms with Gasteiger partial charge in [-0.2, -0.15) is 0 Å². The van der Waals surface area contributed by atoms with E-state index in [1.165, 1.54) is 25.3 Å². The molecule has 140 valence electrons. The molecule has 0 fully saturated rings. The van der Waals surface area contributed by atoms with E-state index in [4.69, 9.17) is 4.74 Å². The predicted molar refractivity (Wildman–Crippen MR) is 95.4 cm³/mol. The fourth-order valence-electron chi connectivity index (χ4n) is 2.81. The van der Waals surface area contributed by atoms with Crippen LogP contribution in [0.2, 0.25) is 0 Å². The molecular weight excluding hydrogens is 340 g/mol. The number of carboxylic acid groups (broad SMARTS) is 1. The highest BCUT2D eigenvalue weighted by molar-refractivity contribution is 5.99. The number of carbonyl (C=O) groups excluding carboxylic acids is 1. The molecule has 1 aromatic carbocycles. The summed E-state index contributed by atoms with van der Waals surface area (Å²) in [4.78, 5) is 34.3. The molecule has 1 aliphatic rings. The van der Waals surface area contributed by atoms with Crippen molar-refractivity contribution in [3.63, 3.8) is 0 Å². The average Bonchev–Trinajstić information content (AvgIpc) is 2.61. The van der Waals surface area contributed by atoms with Crippen LogP contribution in [0.15, 0.2) is 46.8 Å². The number of hydrogen-bond donors (Lipinski definition) is 2. The number of aliphatic carboxylic acids is 1. The summed E-state index contributed by atoms with van der Waals surface area (Å²) in [7, 11) is 1.19. The summed E-state index contributed by atoms with van der Waals surface area (Å²) in [5, 5.41) is 23.4. The summed E-state index contributed by atoms with van der Waals surface area (Å²) in [6, 6.07) is 5.57. The van der Waals surface area contributed by atoms with Gasteiger partial charge in [-0.15, -0.1) is 0 Å². The zero-order chi connectivity index (χ0) is 20.0. The quantitative estimate of drug-likeness (QED) is 0.480. The summed E-state index contributed by atoms with van der Waals surface area (Å²) in [6.07, 6.45) is 0. The molecule has 0 spiro atoms. The highest BCUT2D eigenvalue weighted by Crippen LogP contribution is 2.39. The number of nitrogens with zero attached hydrogens (tertiary/aromatic N) is 1. The number of dihydropyridines is 1. The Labute approximate surface area is 151 Å². The fraction of sp³-hybridized carbons (Fsp3) is 0.333. The molecular formula is C18H22N2O6. The number of nitrogens with one attached hydrogen (secondary N) is 1. The first kappa shape index (κ1) is 20.9. The van der Waals surface area contributed by atoms with Crippen LogP contribution in [0.5, 0.6) is 0 Å². The largest absolute Gasteiger partial charge is 0.478 e. The molecule has 1 atom stereocenters. The maximum Gasteiger partial charge on any atom is 0.336 e. The van der Waals surface area contributed by atoms with Crippen molar-refractivity contribution in [2.45, 2.75) is 33.6 Å². The summed E-state index contributed by atoms with van der Waals surface area (Å²) >= 11 is 0. The minimum Gasteiger partial charge on any atom is -0.478 e. The van der Waals surface area contributed by atoms with Gasteiger partial charge in [-0.1, -0.05) is 26.0 Å². The van der Waals surface area contributed by atoms with Gasteiger partial charge in [0.05, 0.1) is 29.1 Å². The third-order valence-electron chi connectivity index (χ3n) is 3.81. The van der Waals surface area contributed by atoms with Gasteiger partial charge in [-0.05, 0) is 19.4 Å². The standard InChI is InChI=1S/C16H16N2O6.C2H6/c1-8-12(15(19)20)14(13(9(2)17-8)16(21)24-3)10-5-4-6-11(7-10)18(22)23;1-2/h4-7,14,17H,1-3H3,(H,19,20);1-2H3. The molecule has 0 radical (unpaired) electrons. The van der Waals surface area contributed by atoms with Crippen molar-refractivity contribution in [2.24, 2.45) is 0 Å². The van der Waals surface area contributed by atoms with Crippen LogP contribution in [-0.4, -0.2) is 29.1 Å². The van der Waals surface area contributed by atoms with Gasteiger partial charge in [0.15, 0.2) is 0 Å². The number of ether oxygens (including phenoxy) is 1. The van der Waals surface area contributed by atoms with E-state index < -0.39 is 22.8 Å². The van der Waals surface area contributed by atoms with E-state index in [0.29, 0.717) is 17.0 Å². The number of nitro groups is 1. The lowest BCUT2D eigenvalue weighted by Gasteiger charge is -2.29. The number of methoxy groups -OCH3 is 1. The molecule has 1 unspecified atom stereocenters. The van der Waals surface area contributed by atoms with Crippen LogP contribution in [0.3, 0.4) is 0 Å². The van der Waals surface area contributed by atoms with Crippen LogP contribution < -0.4 is 5.32 Å². The van der Waals surface area contributed by atoms with Gasteiger partial charge in [0.1, 0.15) is 0 Å². The van der Waals surface area contributed by atoms with E-state index in [0.717, 1.165) is 0 Å². The molecule has 0 saturated carbocycles. The first-order valence-corrected chi connectivity index (χ1v) is 8.02. The Bertz CT molecular complexity index is 795. The minimum atomic E-state index is -1.22. The Kier molecular flexibility index (Phi) is 7.06. The van der Waals surface area contributed by atoms with E-state index in [1.54, 1.807) is 19.9 Å². The number of carboxylic acids is 1. The van der Waals surface area contributed by atoms with E-state index in [1.807, 2.05) is 13.8 Å². The van der Waals surface area contributed by atoms with E-state index in [9.17, 15) is 24.8 Å². The second kappa shape index (κ2) is 8.80. The van der Waals surface area contributed by atoms with Crippen LogP contribution in [-0.2, 0) is 14.3 Å². The van der Waals surface area contributed by atoms with Gasteiger partial charge in [-0.3, -0.25) is 10.1 Å². The molecule has 0 aromatic heterocycles. The molecule has 26 heavy (non-hydrogen) atoms. The Balaban J connectivity index is 0.00000163. The highest BCUT2D eigenvalue weighted by Gasteiger charge is 2.37. The second-order valence-corrected chi connectivity index (χ2v) is 5.28. The van der Waals surface area contributed by atoms with Crippen molar-refractivity contribution in [1.29, 1.82) is 0 Å². The normalized spacial score (nSPS) is 16.3. The number of non-ortho nitro benzene ring substituents is 1. The summed E-state index contributed by atoms with van der Waals surface area (Å²) in [5.74, 6) is -2.87. The van der Waals surface area contributed by atoms with Crippen LogP contribution >= 0.6 is 0 Å². The van der Waals surface area contributed by atoms with Gasteiger partial charge in [0.2, 0.25) is 0 Å². The lowest BCUT2D eigenvalue weighted by molar-refractivity contribution is -0.384. The third-order valence-corrected chi connectivity index (χ3v) is 3.81. The number of esters is 1. The number of carbonyl (C=O) groups is 2. The summed E-state index contributed by atoms with van der Waals surface area (Å²) in [5.41, 5.74) is 1.02. The highest BCUT2D eigenvalue weighted by atomic mass is 16.6. The molecule has 1 aromatic rings. The Morgan fingerprint density at radius 3 is 2.27 bits per heavy atom. The number of benzene rings is 1. The topological polar surface area (TPSA) is 119 Å². The molecule has 0 amide bonds. The van der Waals surface area contributed by atoms with Gasteiger partial charge < -0.3 is 15.2 Å². The molecule has 1 aliphatic heterocycles. The second-order valence-electron chi connectivity index (χ2n) is 5.28. The Morgan fingerprint density at radius 1 is 1.19 bits per heavy atom. The van der Waals surface area contributed by atoms with Crippen molar-refractivity contribution >= 4 is 17.6 Å². The maximum absolute atomic E-state index is 12.2. The molecule has 0 bridgehead atoms. The molecule has 2 N–H and O–H groups in total. The maximum atomic E-state index is 12.2. The van der Waals surface area contributed by atoms with Crippen molar-refractivity contribution in [3.8, 4) is 0 Å². The van der Waals surface area contributed by atoms with Crippen LogP contribution in [0.4, 0.5) is 5.69 Å². The predicted octanol–water partition coefficient (Wildman–Crippen LogP) is 3.11. The molecule has 0 saturated heterocycles. The van der Waals surface area contributed by atoms with Crippen LogP contribution in [0.1, 0.15) is 39.2 Å². The molecule has 8 heteroatoms. The zero-order valence-corrected chi connectivity index (χ0v) is 15.3. The van der Waals surface area contributed by atoms with Crippen molar-refractivity contribution in [2.75, 3.05) is 7.11 Å². The van der Waals surface area contributed by atoms with Crippen molar-refractivity contribution < 1.29 is 24.4 Å². The average molecular weight is 362 g/mol. The Morgan fingerprint density at radius 2 is 1.77 bits per heavy atom. The van der Waals surface area contributed by atoms with Gasteiger partial charge >= 0.3 is 11.9 Å². The van der Waals surface area contributed by atoms with E-state index >= 15 is 0 Å². The molecule has 0 aliphatic carbocycles.